The number of nitrogens with zero attached hydrogens (tertiary/aromatic N) is 3. The summed E-state index contributed by atoms with van der Waals surface area (Å²) in [5, 5.41) is 26.8. The first-order valence-electron chi connectivity index (χ1n) is 17.5. The molecular formula is C46H32N5O-. The predicted molar refractivity (Wildman–Crippen MR) is 209 cm³/mol. The van der Waals surface area contributed by atoms with Crippen LogP contribution in [0.3, 0.4) is 0 Å². The molecule has 0 amide bonds. The molecule has 52 heavy (non-hydrogen) atoms. The molecule has 1 fully saturated rings. The van der Waals surface area contributed by atoms with Crippen LogP contribution in [-0.2, 0) is 0 Å². The second-order valence-electron chi connectivity index (χ2n) is 13.3. The van der Waals surface area contributed by atoms with Crippen LogP contribution in [0.5, 0.6) is 0 Å². The molecule has 7 aromatic carbocycles. The van der Waals surface area contributed by atoms with E-state index in [-0.39, 0.29) is 18.5 Å². The van der Waals surface area contributed by atoms with E-state index in [1.807, 2.05) is 54.6 Å². The van der Waals surface area contributed by atoms with Crippen molar-refractivity contribution in [3.8, 4) is 22.9 Å². The first-order chi connectivity index (χ1) is 25.7. The van der Waals surface area contributed by atoms with Gasteiger partial charge in [-0.05, 0) is 59.7 Å². The number of hydrogen-bond donors (Lipinski definition) is 2. The Morgan fingerprint density at radius 3 is 2.06 bits per heavy atom. The molecule has 0 aliphatic carbocycles. The molecule has 9 aromatic rings. The molecule has 0 bridgehead atoms. The van der Waals surface area contributed by atoms with Crippen LogP contribution in [0, 0.1) is 11.3 Å². The van der Waals surface area contributed by atoms with Gasteiger partial charge < -0.3 is 24.9 Å². The van der Waals surface area contributed by atoms with Gasteiger partial charge in [-0.3, -0.25) is 0 Å². The van der Waals surface area contributed by atoms with Crippen molar-refractivity contribution in [1.82, 2.24) is 15.2 Å². The Hall–Kier alpha value is -6.49. The Morgan fingerprint density at radius 2 is 1.23 bits per heavy atom. The van der Waals surface area contributed by atoms with Gasteiger partial charge in [-0.2, -0.15) is 5.26 Å². The fourth-order valence-electron chi connectivity index (χ4n) is 7.78. The number of furan rings is 1. The van der Waals surface area contributed by atoms with Crippen LogP contribution in [0.4, 0.5) is 0 Å². The molecule has 3 atom stereocenters. The molecule has 1 saturated heterocycles. The predicted octanol–water partition coefficient (Wildman–Crippen LogP) is 11.2. The van der Waals surface area contributed by atoms with E-state index >= 15 is 0 Å². The van der Waals surface area contributed by atoms with Gasteiger partial charge in [-0.1, -0.05) is 139 Å². The Labute approximate surface area is 300 Å². The zero-order valence-corrected chi connectivity index (χ0v) is 28.1. The van der Waals surface area contributed by atoms with E-state index in [9.17, 15) is 5.26 Å². The second-order valence-corrected chi connectivity index (χ2v) is 13.3. The van der Waals surface area contributed by atoms with Crippen molar-refractivity contribution < 1.29 is 4.42 Å². The lowest BCUT2D eigenvalue weighted by Crippen LogP contribution is -2.44. The minimum atomic E-state index is -0.266. The van der Waals surface area contributed by atoms with Crippen LogP contribution in [0.1, 0.15) is 40.8 Å². The summed E-state index contributed by atoms with van der Waals surface area (Å²) >= 11 is 0. The van der Waals surface area contributed by atoms with Gasteiger partial charge in [0.25, 0.3) is 0 Å². The third-order valence-electron chi connectivity index (χ3n) is 10.3. The average Bonchev–Trinajstić information content (AvgIpc) is 3.77. The molecule has 2 aromatic heterocycles. The Kier molecular flexibility index (Phi) is 7.22. The van der Waals surface area contributed by atoms with Crippen molar-refractivity contribution in [3.05, 3.63) is 191 Å². The van der Waals surface area contributed by atoms with Gasteiger partial charge in [-0.15, -0.1) is 0 Å². The van der Waals surface area contributed by atoms with Gasteiger partial charge in [0.1, 0.15) is 11.2 Å². The first kappa shape index (κ1) is 30.3. The van der Waals surface area contributed by atoms with Crippen LogP contribution in [0.2, 0.25) is 0 Å². The quantitative estimate of drug-likeness (QED) is 0.191. The summed E-state index contributed by atoms with van der Waals surface area (Å²) in [5.41, 5.74) is 11.2. The molecule has 6 nitrogen and oxygen atoms in total. The van der Waals surface area contributed by atoms with E-state index in [0.29, 0.717) is 5.56 Å². The SMILES string of the molecule is N#Cc1cccc(C2NC(c3ccccc3)[N-]C(c3ccc(-n4c5ccccc5c5cc(-c6cccc7c6oc6ccccc67)ccc54)cc3)N2)c1. The number of rotatable bonds is 5. The van der Waals surface area contributed by atoms with Gasteiger partial charge >= 0.3 is 0 Å². The number of benzene rings is 7. The maximum absolute atomic E-state index is 9.57. The van der Waals surface area contributed by atoms with E-state index < -0.39 is 0 Å². The van der Waals surface area contributed by atoms with Crippen LogP contribution in [-0.4, -0.2) is 4.57 Å². The van der Waals surface area contributed by atoms with Crippen molar-refractivity contribution in [2.24, 2.45) is 0 Å². The van der Waals surface area contributed by atoms with Crippen LogP contribution in [0.25, 0.3) is 65.9 Å². The van der Waals surface area contributed by atoms with E-state index in [1.165, 1.54) is 10.8 Å². The van der Waals surface area contributed by atoms with Crippen LogP contribution >= 0.6 is 0 Å². The van der Waals surface area contributed by atoms with Gasteiger partial charge in [0.15, 0.2) is 0 Å². The lowest BCUT2D eigenvalue weighted by atomic mass is 10.0. The lowest BCUT2D eigenvalue weighted by Gasteiger charge is -2.50. The van der Waals surface area contributed by atoms with E-state index in [4.69, 9.17) is 9.73 Å². The topological polar surface area (TPSA) is 80.0 Å². The summed E-state index contributed by atoms with van der Waals surface area (Å²) in [7, 11) is 0. The molecule has 3 heterocycles. The number of para-hydroxylation sites is 3. The van der Waals surface area contributed by atoms with E-state index in [1.54, 1.807) is 0 Å². The lowest BCUT2D eigenvalue weighted by molar-refractivity contribution is 0.316. The number of fused-ring (bicyclic) bond motifs is 6. The number of nitrogens with one attached hydrogen (secondary N) is 2. The highest BCUT2D eigenvalue weighted by Gasteiger charge is 2.23. The molecule has 0 radical (unpaired) electrons. The maximum Gasteiger partial charge on any atom is 0.143 e. The smallest absolute Gasteiger partial charge is 0.143 e. The monoisotopic (exact) mass is 670 g/mol. The van der Waals surface area contributed by atoms with Crippen molar-refractivity contribution in [2.45, 2.75) is 18.5 Å². The minimum Gasteiger partial charge on any atom is -0.624 e. The summed E-state index contributed by atoms with van der Waals surface area (Å²) in [6, 6.07) is 59.0. The normalized spacial score (nSPS) is 17.6. The van der Waals surface area contributed by atoms with Crippen molar-refractivity contribution >= 4 is 43.7 Å². The Morgan fingerprint density at radius 1 is 0.558 bits per heavy atom. The Balaban J connectivity index is 1.03. The summed E-state index contributed by atoms with van der Waals surface area (Å²) in [6.07, 6.45) is -0.685. The van der Waals surface area contributed by atoms with Gasteiger partial charge in [0.05, 0.1) is 28.8 Å². The zero-order chi connectivity index (χ0) is 34.6. The van der Waals surface area contributed by atoms with Crippen LogP contribution in [0.15, 0.2) is 168 Å². The second kappa shape index (κ2) is 12.4. The number of aromatic nitrogens is 1. The standard InChI is InChI=1S/C46H32N5O/c47-28-29-10-8-13-33(26-29)46-49-44(30-11-2-1-3-12-30)48-45(50-46)31-20-23-34(24-21-31)51-40-18-6-4-14-36(40)39-27-32(22-25-41(39)51)35-16-9-17-38-37-15-5-7-19-42(37)52-43(35)38/h1-27,44-46,49-50H/q-1. The molecule has 6 heteroatoms. The fourth-order valence-corrected chi connectivity index (χ4v) is 7.78. The van der Waals surface area contributed by atoms with Crippen molar-refractivity contribution in [2.75, 3.05) is 0 Å². The van der Waals surface area contributed by atoms with Crippen LogP contribution < -0.4 is 10.6 Å². The van der Waals surface area contributed by atoms with Crippen molar-refractivity contribution in [1.29, 1.82) is 5.26 Å². The molecule has 0 saturated carbocycles. The highest BCUT2D eigenvalue weighted by Crippen LogP contribution is 2.41. The average molecular weight is 671 g/mol. The number of hydrogen-bond acceptors (Lipinski definition) is 4. The third kappa shape index (κ3) is 5.07. The molecule has 3 unspecified atom stereocenters. The molecule has 1 aliphatic heterocycles. The highest BCUT2D eigenvalue weighted by atomic mass is 16.3. The summed E-state index contributed by atoms with van der Waals surface area (Å²) in [6.45, 7) is 0. The fraction of sp³-hybridized carbons (Fsp3) is 0.0652. The first-order valence-corrected chi connectivity index (χ1v) is 17.5. The van der Waals surface area contributed by atoms with Crippen molar-refractivity contribution in [3.63, 3.8) is 0 Å². The third-order valence-corrected chi connectivity index (χ3v) is 10.3. The van der Waals surface area contributed by atoms with Gasteiger partial charge in [0.2, 0.25) is 0 Å². The van der Waals surface area contributed by atoms with E-state index in [2.05, 4.69) is 130 Å². The summed E-state index contributed by atoms with van der Waals surface area (Å²) in [4.78, 5) is 0. The molecule has 2 N–H and O–H groups in total. The molecule has 10 rings (SSSR count). The highest BCUT2D eigenvalue weighted by molar-refractivity contribution is 6.13. The summed E-state index contributed by atoms with van der Waals surface area (Å²) < 4.78 is 8.76. The molecule has 248 valence electrons. The largest absolute Gasteiger partial charge is 0.624 e. The van der Waals surface area contributed by atoms with Gasteiger partial charge in [0, 0.05) is 32.8 Å². The van der Waals surface area contributed by atoms with E-state index in [0.717, 1.165) is 66.5 Å². The maximum atomic E-state index is 9.57. The summed E-state index contributed by atoms with van der Waals surface area (Å²) in [5.74, 6) is 0. The minimum absolute atomic E-state index is 0.197. The molecule has 0 spiro atoms. The number of nitriles is 1. The molecular weight excluding hydrogens is 639 g/mol. The van der Waals surface area contributed by atoms with Gasteiger partial charge in [-0.25, -0.2) is 0 Å². The Bertz CT molecular complexity index is 2810. The molecule has 1 aliphatic rings. The zero-order valence-electron chi connectivity index (χ0n) is 28.1.